The van der Waals surface area contributed by atoms with Crippen LogP contribution in [0.25, 0.3) is 0 Å². The lowest BCUT2D eigenvalue weighted by Crippen LogP contribution is -2.33. The maximum Gasteiger partial charge on any atom is 0.0990 e. The summed E-state index contributed by atoms with van der Waals surface area (Å²) in [4.78, 5) is 0. The SMILES string of the molecule is CC1CCCC(C#N)(C(O)c2ccccc2Cl)C1. The minimum atomic E-state index is -0.793. The summed E-state index contributed by atoms with van der Waals surface area (Å²) in [5, 5.41) is 20.7. The third-order valence-corrected chi connectivity index (χ3v) is 4.32. The van der Waals surface area contributed by atoms with Crippen LogP contribution in [-0.2, 0) is 0 Å². The lowest BCUT2D eigenvalue weighted by atomic mass is 9.66. The maximum atomic E-state index is 10.6. The van der Waals surface area contributed by atoms with Gasteiger partial charge in [-0.05, 0) is 24.8 Å². The van der Waals surface area contributed by atoms with Gasteiger partial charge in [0.15, 0.2) is 0 Å². The largest absolute Gasteiger partial charge is 0.387 e. The monoisotopic (exact) mass is 263 g/mol. The predicted octanol–water partition coefficient (Wildman–Crippen LogP) is 4.09. The van der Waals surface area contributed by atoms with E-state index in [0.29, 0.717) is 16.5 Å². The predicted molar refractivity (Wildman–Crippen MR) is 72.1 cm³/mol. The molecule has 3 atom stereocenters. The second kappa shape index (κ2) is 5.30. The first-order valence-corrected chi connectivity index (χ1v) is 6.80. The van der Waals surface area contributed by atoms with Gasteiger partial charge in [0.2, 0.25) is 0 Å². The van der Waals surface area contributed by atoms with E-state index < -0.39 is 11.5 Å². The van der Waals surface area contributed by atoms with Crippen molar-refractivity contribution in [2.24, 2.45) is 11.3 Å². The smallest absolute Gasteiger partial charge is 0.0990 e. The number of hydrogen-bond donors (Lipinski definition) is 1. The molecule has 3 unspecified atom stereocenters. The molecular weight excluding hydrogens is 246 g/mol. The van der Waals surface area contributed by atoms with E-state index in [2.05, 4.69) is 13.0 Å². The highest BCUT2D eigenvalue weighted by Gasteiger charge is 2.42. The van der Waals surface area contributed by atoms with Crippen LogP contribution < -0.4 is 0 Å². The molecule has 1 aliphatic carbocycles. The minimum Gasteiger partial charge on any atom is -0.387 e. The first-order valence-electron chi connectivity index (χ1n) is 6.43. The molecule has 0 bridgehead atoms. The van der Waals surface area contributed by atoms with E-state index in [9.17, 15) is 10.4 Å². The van der Waals surface area contributed by atoms with Crippen molar-refractivity contribution in [1.82, 2.24) is 0 Å². The molecule has 0 saturated heterocycles. The number of rotatable bonds is 2. The molecule has 0 heterocycles. The third kappa shape index (κ3) is 2.39. The minimum absolute atomic E-state index is 0.482. The highest BCUT2D eigenvalue weighted by Crippen LogP contribution is 2.48. The van der Waals surface area contributed by atoms with Crippen molar-refractivity contribution in [1.29, 1.82) is 5.26 Å². The van der Waals surface area contributed by atoms with Crippen LogP contribution in [0.1, 0.15) is 44.3 Å². The molecule has 1 saturated carbocycles. The molecule has 1 fully saturated rings. The van der Waals surface area contributed by atoms with Crippen LogP contribution in [0.15, 0.2) is 24.3 Å². The summed E-state index contributed by atoms with van der Waals surface area (Å²) in [5.41, 5.74) is -0.00216. The third-order valence-electron chi connectivity index (χ3n) is 3.98. The average Bonchev–Trinajstić information content (AvgIpc) is 2.38. The van der Waals surface area contributed by atoms with Crippen molar-refractivity contribution in [2.75, 3.05) is 0 Å². The maximum absolute atomic E-state index is 10.6. The summed E-state index contributed by atoms with van der Waals surface area (Å²) in [6, 6.07) is 9.62. The van der Waals surface area contributed by atoms with Gasteiger partial charge in [-0.25, -0.2) is 0 Å². The number of aliphatic hydroxyl groups is 1. The van der Waals surface area contributed by atoms with Crippen molar-refractivity contribution >= 4 is 11.6 Å². The Kier molecular flexibility index (Phi) is 3.94. The zero-order valence-electron chi connectivity index (χ0n) is 10.6. The van der Waals surface area contributed by atoms with Gasteiger partial charge in [0, 0.05) is 10.6 Å². The summed E-state index contributed by atoms with van der Waals surface area (Å²) >= 11 is 6.12. The topological polar surface area (TPSA) is 44.0 Å². The summed E-state index contributed by atoms with van der Waals surface area (Å²) in [7, 11) is 0. The molecule has 1 aliphatic rings. The molecule has 1 aromatic rings. The van der Waals surface area contributed by atoms with E-state index in [1.54, 1.807) is 6.07 Å². The molecule has 18 heavy (non-hydrogen) atoms. The molecule has 2 rings (SSSR count). The Bertz CT molecular complexity index is 468. The fourth-order valence-corrected chi connectivity index (χ4v) is 3.24. The van der Waals surface area contributed by atoms with Crippen LogP contribution in [0.3, 0.4) is 0 Å². The van der Waals surface area contributed by atoms with Gasteiger partial charge < -0.3 is 5.11 Å². The van der Waals surface area contributed by atoms with Gasteiger partial charge in [-0.2, -0.15) is 5.26 Å². The number of benzene rings is 1. The van der Waals surface area contributed by atoms with E-state index in [1.165, 1.54) is 0 Å². The van der Waals surface area contributed by atoms with Gasteiger partial charge in [-0.15, -0.1) is 0 Å². The Morgan fingerprint density at radius 2 is 2.22 bits per heavy atom. The molecule has 0 amide bonds. The van der Waals surface area contributed by atoms with E-state index in [1.807, 2.05) is 18.2 Å². The van der Waals surface area contributed by atoms with Crippen LogP contribution in [0.5, 0.6) is 0 Å². The van der Waals surface area contributed by atoms with Crippen molar-refractivity contribution in [3.05, 3.63) is 34.9 Å². The lowest BCUT2D eigenvalue weighted by molar-refractivity contribution is 0.0220. The van der Waals surface area contributed by atoms with E-state index >= 15 is 0 Å². The number of hydrogen-bond acceptors (Lipinski definition) is 2. The van der Waals surface area contributed by atoms with E-state index in [-0.39, 0.29) is 0 Å². The first-order chi connectivity index (χ1) is 8.59. The molecule has 96 valence electrons. The fraction of sp³-hybridized carbons (Fsp3) is 0.533. The Balaban J connectivity index is 2.34. The highest BCUT2D eigenvalue weighted by molar-refractivity contribution is 6.31. The zero-order valence-corrected chi connectivity index (χ0v) is 11.3. The second-order valence-electron chi connectivity index (χ2n) is 5.39. The summed E-state index contributed by atoms with van der Waals surface area (Å²) in [6.07, 6.45) is 2.84. The second-order valence-corrected chi connectivity index (χ2v) is 5.80. The number of nitrogens with zero attached hydrogens (tertiary/aromatic N) is 1. The quantitative estimate of drug-likeness (QED) is 0.873. The van der Waals surface area contributed by atoms with Gasteiger partial charge in [0.25, 0.3) is 0 Å². The van der Waals surface area contributed by atoms with Gasteiger partial charge in [0.1, 0.15) is 0 Å². The van der Waals surface area contributed by atoms with Gasteiger partial charge in [-0.1, -0.05) is 49.6 Å². The fourth-order valence-electron chi connectivity index (χ4n) is 3.00. The Morgan fingerprint density at radius 3 is 2.83 bits per heavy atom. The van der Waals surface area contributed by atoms with E-state index in [0.717, 1.165) is 25.7 Å². The van der Waals surface area contributed by atoms with Crippen molar-refractivity contribution in [3.63, 3.8) is 0 Å². The standard InChI is InChI=1S/C15H18ClNO/c1-11-5-4-8-15(9-11,10-17)14(18)12-6-2-3-7-13(12)16/h2-3,6-7,11,14,18H,4-5,8-9H2,1H3. The lowest BCUT2D eigenvalue weighted by Gasteiger charge is -2.38. The number of aliphatic hydroxyl groups excluding tert-OH is 1. The van der Waals surface area contributed by atoms with Crippen molar-refractivity contribution in [2.45, 2.75) is 38.7 Å². The van der Waals surface area contributed by atoms with Gasteiger partial charge in [-0.3, -0.25) is 0 Å². The summed E-state index contributed by atoms with van der Waals surface area (Å²) in [5.74, 6) is 0.482. The molecule has 0 aliphatic heterocycles. The molecule has 1 aromatic carbocycles. The molecule has 2 nitrogen and oxygen atoms in total. The van der Waals surface area contributed by atoms with Crippen LogP contribution in [0.4, 0.5) is 0 Å². The molecule has 0 aromatic heterocycles. The van der Waals surface area contributed by atoms with Crippen molar-refractivity contribution in [3.8, 4) is 6.07 Å². The number of halogens is 1. The van der Waals surface area contributed by atoms with Gasteiger partial charge in [0.05, 0.1) is 17.6 Å². The molecule has 1 N–H and O–H groups in total. The zero-order chi connectivity index (χ0) is 13.2. The Labute approximate surface area is 113 Å². The Morgan fingerprint density at radius 1 is 1.50 bits per heavy atom. The molecule has 0 spiro atoms. The summed E-state index contributed by atoms with van der Waals surface area (Å²) < 4.78 is 0. The highest BCUT2D eigenvalue weighted by atomic mass is 35.5. The van der Waals surface area contributed by atoms with Crippen LogP contribution in [0, 0.1) is 22.7 Å². The van der Waals surface area contributed by atoms with Crippen LogP contribution in [0.2, 0.25) is 5.02 Å². The molecular formula is C15H18ClNO. The molecule has 3 heteroatoms. The Hall–Kier alpha value is -1.04. The van der Waals surface area contributed by atoms with Crippen molar-refractivity contribution < 1.29 is 5.11 Å². The summed E-state index contributed by atoms with van der Waals surface area (Å²) in [6.45, 7) is 2.14. The van der Waals surface area contributed by atoms with Crippen LogP contribution >= 0.6 is 11.6 Å². The first kappa shape index (κ1) is 13.4. The van der Waals surface area contributed by atoms with Crippen LogP contribution in [-0.4, -0.2) is 5.11 Å². The average molecular weight is 264 g/mol. The van der Waals surface area contributed by atoms with E-state index in [4.69, 9.17) is 11.6 Å². The normalized spacial score (nSPS) is 29.6. The molecule has 0 radical (unpaired) electrons. The number of nitriles is 1. The van der Waals surface area contributed by atoms with Gasteiger partial charge >= 0.3 is 0 Å².